The molecule has 32 nitrogen and oxygen atoms in total. The Morgan fingerprint density at radius 2 is 0.810 bits per heavy atom. The van der Waals surface area contributed by atoms with Crippen LogP contribution in [0.15, 0.2) is 238 Å². The average Bonchev–Trinajstić information content (AvgIpc) is 1.71. The first-order valence-corrected chi connectivity index (χ1v) is 37.7. The van der Waals surface area contributed by atoms with Gasteiger partial charge in [-0.2, -0.15) is 36.0 Å². The molecule has 5 aromatic carbocycles. The van der Waals surface area contributed by atoms with Gasteiger partial charge in [0.25, 0.3) is 0 Å². The maximum atomic E-state index is 9.29. The highest BCUT2D eigenvalue weighted by Crippen LogP contribution is 2.37. The van der Waals surface area contributed by atoms with Gasteiger partial charge in [-0.3, -0.25) is 45.1 Å². The number of pyridine rings is 5. The molecule has 0 atom stereocenters. The van der Waals surface area contributed by atoms with Crippen LogP contribution in [0.2, 0.25) is 5.02 Å². The number of aromatic amines is 2. The molecule has 15 heterocycles. The molecule has 0 saturated carbocycles. The third-order valence-corrected chi connectivity index (χ3v) is 19.3. The zero-order chi connectivity index (χ0) is 84.0. The molecule has 0 spiro atoms. The van der Waals surface area contributed by atoms with Crippen LogP contribution in [0.3, 0.4) is 0 Å². The van der Waals surface area contributed by atoms with Gasteiger partial charge >= 0.3 is 0 Å². The lowest BCUT2D eigenvalue weighted by Crippen LogP contribution is -2.08. The van der Waals surface area contributed by atoms with Gasteiger partial charge in [0.2, 0.25) is 0 Å². The van der Waals surface area contributed by atoms with Gasteiger partial charge in [-0.15, -0.1) is 0 Å². The van der Waals surface area contributed by atoms with Crippen LogP contribution >= 0.6 is 11.6 Å². The highest BCUT2D eigenvalue weighted by molar-refractivity contribution is 6.35. The van der Waals surface area contributed by atoms with Crippen LogP contribution < -0.4 is 28.7 Å². The van der Waals surface area contributed by atoms with Gasteiger partial charge < -0.3 is 28.7 Å². The smallest absolute Gasteiger partial charge is 0.183 e. The van der Waals surface area contributed by atoms with Gasteiger partial charge in [0.05, 0.1) is 91.1 Å². The Hall–Kier alpha value is -17.1. The molecule has 0 amide bonds. The molecule has 0 aliphatic rings. The van der Waals surface area contributed by atoms with Crippen molar-refractivity contribution in [2.45, 2.75) is 41.5 Å². The number of rotatable bonds is 10. The van der Waals surface area contributed by atoms with E-state index in [1.165, 1.54) is 0 Å². The van der Waals surface area contributed by atoms with Crippen molar-refractivity contribution in [3.8, 4) is 109 Å². The third kappa shape index (κ3) is 16.6. The zero-order valence-electron chi connectivity index (χ0n) is 65.5. The molecule has 0 aliphatic heterocycles. The van der Waals surface area contributed by atoms with Gasteiger partial charge in [-0.1, -0.05) is 66.2 Å². The number of anilines is 5. The summed E-state index contributed by atoms with van der Waals surface area (Å²) in [5, 5.41) is 51.4. The average molecular weight is 1610 g/mol. The van der Waals surface area contributed by atoms with E-state index < -0.39 is 0 Å². The number of H-pyrrole nitrogens is 2. The lowest BCUT2D eigenvalue weighted by molar-refractivity contribution is 0.804. The Kier molecular flexibility index (Phi) is 21.7. The molecule has 121 heavy (non-hydrogen) atoms. The minimum Gasteiger partial charge on any atom is -0.382 e. The third-order valence-electron chi connectivity index (χ3n) is 19.0. The fourth-order valence-corrected chi connectivity index (χ4v) is 13.7. The highest BCUT2D eigenvalue weighted by Gasteiger charge is 2.23. The summed E-state index contributed by atoms with van der Waals surface area (Å²) >= 11 is 6.40. The molecule has 20 rings (SSSR count). The second-order valence-corrected chi connectivity index (χ2v) is 27.9. The van der Waals surface area contributed by atoms with E-state index in [4.69, 9.17) is 40.3 Å². The van der Waals surface area contributed by atoms with Crippen molar-refractivity contribution in [2.75, 3.05) is 28.7 Å². The van der Waals surface area contributed by atoms with E-state index in [1.807, 2.05) is 205 Å². The fraction of sp³-hybridized carbons (Fsp3) is 0.0682. The van der Waals surface area contributed by atoms with Crippen LogP contribution in [-0.2, 0) is 0 Å². The summed E-state index contributed by atoms with van der Waals surface area (Å²) in [5.41, 5.74) is 50.0. The van der Waals surface area contributed by atoms with Crippen LogP contribution in [-0.4, -0.2) is 124 Å². The molecular weight excluding hydrogens is 1540 g/mol. The first-order valence-electron chi connectivity index (χ1n) is 37.4. The fourth-order valence-electron chi connectivity index (χ4n) is 13.5. The van der Waals surface area contributed by atoms with Crippen LogP contribution in [0, 0.1) is 64.2 Å². The van der Waals surface area contributed by atoms with Crippen LogP contribution in [0.25, 0.3) is 151 Å². The minimum atomic E-state index is 0.0490. The van der Waals surface area contributed by atoms with Crippen LogP contribution in [0.1, 0.15) is 45.6 Å². The van der Waals surface area contributed by atoms with Gasteiger partial charge in [0, 0.05) is 121 Å². The Morgan fingerprint density at radius 3 is 1.26 bits per heavy atom. The molecule has 0 aliphatic carbocycles. The van der Waals surface area contributed by atoms with Crippen molar-refractivity contribution in [1.82, 2.24) is 124 Å². The minimum absolute atomic E-state index is 0.0490. The van der Waals surface area contributed by atoms with E-state index in [1.54, 1.807) is 88.3 Å². The molecule has 0 fully saturated rings. The number of halogens is 1. The first-order chi connectivity index (χ1) is 58.8. The molecule has 0 unspecified atom stereocenters. The summed E-state index contributed by atoms with van der Waals surface area (Å²) in [6.45, 7) is 11.6. The Bertz CT molecular complexity index is 7380. The Balaban J connectivity index is 0.000000112. The van der Waals surface area contributed by atoms with Gasteiger partial charge in [0.15, 0.2) is 40.5 Å². The number of hydrogen-bond acceptors (Lipinski definition) is 27. The summed E-state index contributed by atoms with van der Waals surface area (Å²) in [6.07, 6.45) is 18.7. The van der Waals surface area contributed by atoms with Crippen molar-refractivity contribution in [2.24, 2.45) is 0 Å². The second kappa shape index (κ2) is 33.7. The molecule has 12 N–H and O–H groups in total. The number of hydrogen-bond donors (Lipinski definition) is 7. The van der Waals surface area contributed by atoms with Gasteiger partial charge in [-0.25, -0.2) is 53.9 Å². The molecular formula is C88H69ClN32. The number of nitrogens with one attached hydrogen (secondary N) is 2. The Labute approximate surface area is 693 Å². The highest BCUT2D eigenvalue weighted by atomic mass is 35.5. The number of benzene rings is 5. The first kappa shape index (κ1) is 77.8. The number of nitriles is 2. The van der Waals surface area contributed by atoms with E-state index in [0.29, 0.717) is 68.1 Å². The number of aryl methyl sites for hydroxylation is 6. The van der Waals surface area contributed by atoms with E-state index in [2.05, 4.69) is 123 Å². The van der Waals surface area contributed by atoms with Crippen molar-refractivity contribution < 1.29 is 0 Å². The van der Waals surface area contributed by atoms with E-state index in [-0.39, 0.29) is 23.0 Å². The molecule has 15 aromatic heterocycles. The van der Waals surface area contributed by atoms with Crippen molar-refractivity contribution in [3.05, 3.63) is 289 Å². The quantitative estimate of drug-likeness (QED) is 0.0668. The normalized spacial score (nSPS) is 10.9. The van der Waals surface area contributed by atoms with Crippen molar-refractivity contribution in [1.29, 1.82) is 10.5 Å². The van der Waals surface area contributed by atoms with E-state index >= 15 is 0 Å². The summed E-state index contributed by atoms with van der Waals surface area (Å²) < 4.78 is 4.97. The molecule has 0 bridgehead atoms. The number of nitrogen functional groups attached to an aromatic ring is 5. The molecule has 0 saturated heterocycles. The maximum absolute atomic E-state index is 9.29. The van der Waals surface area contributed by atoms with Gasteiger partial charge in [0.1, 0.15) is 58.1 Å². The van der Waals surface area contributed by atoms with Crippen molar-refractivity contribution >= 4 is 95.2 Å². The topological polar surface area (TPSA) is 482 Å². The van der Waals surface area contributed by atoms with Crippen LogP contribution in [0.4, 0.5) is 29.1 Å². The summed E-state index contributed by atoms with van der Waals surface area (Å²) in [4.78, 5) is 66.1. The monoisotopic (exact) mass is 1610 g/mol. The zero-order valence-corrected chi connectivity index (χ0v) is 66.2. The molecule has 33 heteroatoms. The molecule has 0 radical (unpaired) electrons. The lowest BCUT2D eigenvalue weighted by Gasteiger charge is -2.11. The largest absolute Gasteiger partial charge is 0.382 e. The summed E-state index contributed by atoms with van der Waals surface area (Å²) in [5.74, 6) is 2.78. The lowest BCUT2D eigenvalue weighted by atomic mass is 10.0. The van der Waals surface area contributed by atoms with Crippen LogP contribution in [0.5, 0.6) is 0 Å². The number of nitrogens with two attached hydrogens (primary N) is 5. The summed E-state index contributed by atoms with van der Waals surface area (Å²) in [6, 6.07) is 58.4. The predicted octanol–water partition coefficient (Wildman–Crippen LogP) is 15.0. The maximum Gasteiger partial charge on any atom is 0.183 e. The number of fused-ring (bicyclic) bond motifs is 5. The number of nitrogens with zero attached hydrogens (tertiary/aromatic N) is 25. The second-order valence-electron chi connectivity index (χ2n) is 27.5. The SMILES string of the molecule is Cc1cc(C)n(-c2nc(N)cnc2-c2ccc3ncccc3c2)n1.Cc1ccn(-c2nc(N)c(C#N)nc2-c2cc(Cl)c3ncccc3c2)n1.Cc1ccn(-c2nc(N)c(C#N)nc2-c2ccc3ncccc3c2)n1.Cc1n[nH]c(C)c1-c1nc(N)cnc1-c1ccc2ncccc2c1.Nc1cnc(-c2ccc3ncccc3c2)c(-c2ccn[nH]2)n1. The predicted molar refractivity (Wildman–Crippen MR) is 465 cm³/mol. The summed E-state index contributed by atoms with van der Waals surface area (Å²) in [7, 11) is 0. The van der Waals surface area contributed by atoms with E-state index in [0.717, 1.165) is 139 Å². The standard InChI is InChI=1S/C18H12ClN7.C18H13N7.2C18H16N6.C16H12N6/c1-10-4-6-26(25-10)18-16(23-14(9-20)17(21)24-18)12-7-11-3-2-5-22-15(11)13(19)8-12;1-11-6-8-25(24-11)18-16(22-15(10-19)17(20)23-18)13-4-5-14-12(9-13)3-2-7-21-14;1-11-8-12(2)24(23-11)18-17(21-10-16(19)22-18)14-5-6-15-13(9-14)4-3-7-20-15;1-10-16(11(2)24-23-10)18-17(21-9-15(19)22-18)13-5-6-14-12(8-13)4-3-7-20-14;17-14-9-19-15(16(21-14)13-5-7-20-22-13)11-3-4-12-10(8-11)2-1-6-18-12/h2-8H,1H3,(H2,21,24);2-9H,1H3,(H2,20,23);3-10H,1-2H3,(H2,19,22);3-9H,1-2H3,(H2,19,22)(H,23,24);1-9H,(H2,17,21)(H,20,22). The van der Waals surface area contributed by atoms with E-state index in [9.17, 15) is 10.5 Å². The molecule has 588 valence electrons. The van der Waals surface area contributed by atoms with Crippen molar-refractivity contribution in [3.63, 3.8) is 0 Å². The number of aromatic nitrogens is 25. The Morgan fingerprint density at radius 1 is 0.372 bits per heavy atom. The molecule has 20 aromatic rings. The van der Waals surface area contributed by atoms with Gasteiger partial charge in [-0.05, 0) is 157 Å².